The van der Waals surface area contributed by atoms with Gasteiger partial charge in [0, 0.05) is 38.8 Å². The molecular formula is C15H34Cl3N3. The zero-order chi connectivity index (χ0) is 12.8. The molecule has 0 radical (unpaired) electrons. The fourth-order valence-electron chi connectivity index (χ4n) is 3.66. The van der Waals surface area contributed by atoms with E-state index in [1.165, 1.54) is 71.5 Å². The minimum atomic E-state index is 0. The molecule has 2 aliphatic rings. The van der Waals surface area contributed by atoms with E-state index in [-0.39, 0.29) is 37.2 Å². The first kappa shape index (κ1) is 24.0. The maximum atomic E-state index is 3.49. The molecule has 0 aromatic rings. The maximum Gasteiger partial charge on any atom is 0.0252 e. The molecule has 0 spiro atoms. The first-order chi connectivity index (χ1) is 8.85. The van der Waals surface area contributed by atoms with E-state index in [0.717, 1.165) is 12.0 Å². The van der Waals surface area contributed by atoms with Crippen LogP contribution >= 0.6 is 37.2 Å². The Balaban J connectivity index is 0. The molecule has 0 amide bonds. The van der Waals surface area contributed by atoms with Crippen molar-refractivity contribution < 1.29 is 0 Å². The molecule has 1 saturated carbocycles. The third-order valence-corrected chi connectivity index (χ3v) is 4.90. The standard InChI is InChI=1S/C15H31N3.3ClH/c1-3-17(4-2)13-15(14-7-5-6-8-14)18-11-9-16-10-12-18;;;/h14-16H,3-13H2,1-2H3;3*1H. The first-order valence-corrected chi connectivity index (χ1v) is 8.02. The van der Waals surface area contributed by atoms with Crippen molar-refractivity contribution in [1.29, 1.82) is 0 Å². The van der Waals surface area contributed by atoms with Crippen molar-refractivity contribution >= 4 is 37.2 Å². The van der Waals surface area contributed by atoms with Crippen LogP contribution in [0.3, 0.4) is 0 Å². The Kier molecular flexibility index (Phi) is 15.1. The van der Waals surface area contributed by atoms with Gasteiger partial charge < -0.3 is 10.2 Å². The van der Waals surface area contributed by atoms with Crippen LogP contribution in [0.5, 0.6) is 0 Å². The van der Waals surface area contributed by atoms with Crippen LogP contribution in [0.15, 0.2) is 0 Å². The van der Waals surface area contributed by atoms with Gasteiger partial charge in [-0.05, 0) is 31.8 Å². The van der Waals surface area contributed by atoms with Crippen molar-refractivity contribution in [3.05, 3.63) is 0 Å². The van der Waals surface area contributed by atoms with Gasteiger partial charge in [0.2, 0.25) is 0 Å². The number of nitrogens with zero attached hydrogens (tertiary/aromatic N) is 2. The Labute approximate surface area is 149 Å². The number of halogens is 3. The summed E-state index contributed by atoms with van der Waals surface area (Å²) in [5, 5.41) is 3.49. The minimum Gasteiger partial charge on any atom is -0.314 e. The zero-order valence-corrected chi connectivity index (χ0v) is 16.0. The van der Waals surface area contributed by atoms with Crippen LogP contribution in [0.1, 0.15) is 39.5 Å². The maximum absolute atomic E-state index is 3.49. The Bertz CT molecular complexity index is 228. The lowest BCUT2D eigenvalue weighted by Gasteiger charge is -2.40. The third-order valence-electron chi connectivity index (χ3n) is 4.90. The lowest BCUT2D eigenvalue weighted by Crippen LogP contribution is -2.54. The van der Waals surface area contributed by atoms with Crippen LogP contribution in [0.4, 0.5) is 0 Å². The number of piperazine rings is 1. The fraction of sp³-hybridized carbons (Fsp3) is 1.00. The van der Waals surface area contributed by atoms with Crippen molar-refractivity contribution in [1.82, 2.24) is 15.1 Å². The summed E-state index contributed by atoms with van der Waals surface area (Å²) >= 11 is 0. The highest BCUT2D eigenvalue weighted by molar-refractivity contribution is 5.86. The Morgan fingerprint density at radius 2 is 1.52 bits per heavy atom. The predicted octanol–water partition coefficient (Wildman–Crippen LogP) is 3.06. The van der Waals surface area contributed by atoms with Gasteiger partial charge >= 0.3 is 0 Å². The molecule has 0 aromatic heterocycles. The summed E-state index contributed by atoms with van der Waals surface area (Å²) < 4.78 is 0. The van der Waals surface area contributed by atoms with Crippen molar-refractivity contribution in [2.75, 3.05) is 45.8 Å². The van der Waals surface area contributed by atoms with Crippen LogP contribution in [0, 0.1) is 5.92 Å². The van der Waals surface area contributed by atoms with Gasteiger partial charge in [-0.2, -0.15) is 0 Å². The lowest BCUT2D eigenvalue weighted by molar-refractivity contribution is 0.0890. The highest BCUT2D eigenvalue weighted by Gasteiger charge is 2.31. The van der Waals surface area contributed by atoms with Gasteiger partial charge in [-0.3, -0.25) is 4.90 Å². The van der Waals surface area contributed by atoms with Crippen molar-refractivity contribution in [3.63, 3.8) is 0 Å². The van der Waals surface area contributed by atoms with Gasteiger partial charge in [0.1, 0.15) is 0 Å². The third kappa shape index (κ3) is 7.24. The van der Waals surface area contributed by atoms with Gasteiger partial charge in [0.15, 0.2) is 0 Å². The largest absolute Gasteiger partial charge is 0.314 e. The van der Waals surface area contributed by atoms with Crippen molar-refractivity contribution in [2.45, 2.75) is 45.6 Å². The highest BCUT2D eigenvalue weighted by atomic mass is 35.5. The quantitative estimate of drug-likeness (QED) is 0.783. The monoisotopic (exact) mass is 361 g/mol. The van der Waals surface area contributed by atoms with Crippen LogP contribution in [-0.2, 0) is 0 Å². The summed E-state index contributed by atoms with van der Waals surface area (Å²) in [6.07, 6.45) is 5.86. The van der Waals surface area contributed by atoms with Gasteiger partial charge in [0.05, 0.1) is 0 Å². The van der Waals surface area contributed by atoms with Crippen LogP contribution in [0.25, 0.3) is 0 Å². The van der Waals surface area contributed by atoms with Crippen LogP contribution < -0.4 is 5.32 Å². The van der Waals surface area contributed by atoms with Crippen molar-refractivity contribution in [2.24, 2.45) is 5.92 Å². The van der Waals surface area contributed by atoms with E-state index in [0.29, 0.717) is 0 Å². The topological polar surface area (TPSA) is 18.5 Å². The van der Waals surface area contributed by atoms with E-state index in [2.05, 4.69) is 29.0 Å². The number of likely N-dealkylation sites (N-methyl/N-ethyl adjacent to an activating group) is 1. The summed E-state index contributed by atoms with van der Waals surface area (Å²) in [5.74, 6) is 0.962. The minimum absolute atomic E-state index is 0. The van der Waals surface area contributed by atoms with E-state index in [1.54, 1.807) is 0 Å². The molecule has 6 heteroatoms. The zero-order valence-electron chi connectivity index (χ0n) is 13.6. The summed E-state index contributed by atoms with van der Waals surface area (Å²) in [7, 11) is 0. The molecule has 21 heavy (non-hydrogen) atoms. The molecule has 1 atom stereocenters. The molecule has 2 fully saturated rings. The van der Waals surface area contributed by atoms with E-state index >= 15 is 0 Å². The number of nitrogens with one attached hydrogen (secondary N) is 1. The molecule has 0 bridgehead atoms. The van der Waals surface area contributed by atoms with Gasteiger partial charge in [-0.1, -0.05) is 26.7 Å². The lowest BCUT2D eigenvalue weighted by atomic mass is 9.95. The first-order valence-electron chi connectivity index (χ1n) is 8.02. The summed E-state index contributed by atoms with van der Waals surface area (Å²) in [6.45, 7) is 13.2. The Morgan fingerprint density at radius 3 is 2.00 bits per heavy atom. The molecule has 2 rings (SSSR count). The van der Waals surface area contributed by atoms with E-state index in [4.69, 9.17) is 0 Å². The summed E-state index contributed by atoms with van der Waals surface area (Å²) in [5.41, 5.74) is 0. The molecule has 3 nitrogen and oxygen atoms in total. The van der Waals surface area contributed by atoms with E-state index in [9.17, 15) is 0 Å². The molecule has 1 saturated heterocycles. The molecule has 1 unspecified atom stereocenters. The van der Waals surface area contributed by atoms with Gasteiger partial charge in [-0.25, -0.2) is 0 Å². The highest BCUT2D eigenvalue weighted by Crippen LogP contribution is 2.31. The molecule has 1 aliphatic heterocycles. The number of hydrogen-bond donors (Lipinski definition) is 1. The molecule has 1 aliphatic carbocycles. The Morgan fingerprint density at radius 1 is 1.00 bits per heavy atom. The predicted molar refractivity (Wildman–Crippen MR) is 99.7 cm³/mol. The van der Waals surface area contributed by atoms with E-state index < -0.39 is 0 Å². The van der Waals surface area contributed by atoms with Gasteiger partial charge in [-0.15, -0.1) is 37.2 Å². The van der Waals surface area contributed by atoms with Crippen LogP contribution in [-0.4, -0.2) is 61.7 Å². The van der Waals surface area contributed by atoms with Crippen LogP contribution in [0.2, 0.25) is 0 Å². The molecular weight excluding hydrogens is 329 g/mol. The second kappa shape index (κ2) is 13.2. The number of rotatable bonds is 6. The van der Waals surface area contributed by atoms with Gasteiger partial charge in [0.25, 0.3) is 0 Å². The number of hydrogen-bond acceptors (Lipinski definition) is 3. The average Bonchev–Trinajstić information content (AvgIpc) is 2.95. The molecule has 0 aromatic carbocycles. The fourth-order valence-corrected chi connectivity index (χ4v) is 3.66. The summed E-state index contributed by atoms with van der Waals surface area (Å²) in [4.78, 5) is 5.38. The second-order valence-corrected chi connectivity index (χ2v) is 5.88. The van der Waals surface area contributed by atoms with Crippen molar-refractivity contribution in [3.8, 4) is 0 Å². The molecule has 1 heterocycles. The SMILES string of the molecule is CCN(CC)CC(C1CCCC1)N1CCNCC1.Cl.Cl.Cl. The Hall–Kier alpha value is 0.750. The summed E-state index contributed by atoms with van der Waals surface area (Å²) in [6, 6.07) is 0.814. The molecule has 130 valence electrons. The second-order valence-electron chi connectivity index (χ2n) is 5.88. The molecule has 1 N–H and O–H groups in total. The normalized spacial score (nSPS) is 21.3. The average molecular weight is 363 g/mol. The van der Waals surface area contributed by atoms with E-state index in [1.807, 2.05) is 0 Å². The smallest absolute Gasteiger partial charge is 0.0252 e.